The lowest BCUT2D eigenvalue weighted by molar-refractivity contribution is -0.118. The summed E-state index contributed by atoms with van der Waals surface area (Å²) in [5, 5.41) is 15.2. The number of nitrogens with zero attached hydrogens (tertiary/aromatic N) is 4. The summed E-state index contributed by atoms with van der Waals surface area (Å²) in [5.41, 5.74) is 6.50. The van der Waals surface area contributed by atoms with Crippen LogP contribution < -0.4 is 10.2 Å². The number of nitrogens with one attached hydrogen (secondary N) is 1. The Morgan fingerprint density at radius 3 is 2.68 bits per heavy atom. The van der Waals surface area contributed by atoms with E-state index >= 15 is 0 Å². The summed E-state index contributed by atoms with van der Waals surface area (Å²) in [5.74, 6) is 0.381. The fourth-order valence-electron chi connectivity index (χ4n) is 4.06. The Balaban J connectivity index is 1.18. The molecule has 3 aromatic carbocycles. The first-order valence-corrected chi connectivity index (χ1v) is 14.6. The van der Waals surface area contributed by atoms with Crippen molar-refractivity contribution in [3.8, 4) is 5.75 Å². The minimum Gasteiger partial charge on any atom is -0.482 e. The van der Waals surface area contributed by atoms with Crippen molar-refractivity contribution >= 4 is 81.2 Å². The zero-order valence-corrected chi connectivity index (χ0v) is 25.2. The first-order valence-electron chi connectivity index (χ1n) is 12.1. The number of halogens is 4. The maximum atomic E-state index is 12.4. The predicted molar refractivity (Wildman–Crippen MR) is 164 cm³/mol. The highest BCUT2D eigenvalue weighted by atomic mass is 35.5. The molecule has 0 fully saturated rings. The molecule has 1 amide bonds. The molecule has 0 aliphatic carbocycles. The highest BCUT2D eigenvalue weighted by Gasteiger charge is 2.14. The number of rotatable bonds is 10. The van der Waals surface area contributed by atoms with E-state index in [1.54, 1.807) is 30.5 Å². The van der Waals surface area contributed by atoms with E-state index in [9.17, 15) is 4.79 Å². The third kappa shape index (κ3) is 7.17. The number of amides is 1. The van der Waals surface area contributed by atoms with Gasteiger partial charge in [0.1, 0.15) is 5.75 Å². The Morgan fingerprint density at radius 2 is 1.88 bits per heavy atom. The second-order valence-corrected chi connectivity index (χ2v) is 11.3. The lowest BCUT2D eigenvalue weighted by Gasteiger charge is -2.09. The molecule has 2 heterocycles. The van der Waals surface area contributed by atoms with Crippen LogP contribution in [0.15, 0.2) is 75.4 Å². The molecule has 0 bridgehead atoms. The Morgan fingerprint density at radius 1 is 1.05 bits per heavy atom. The van der Waals surface area contributed by atoms with Crippen molar-refractivity contribution in [2.24, 2.45) is 5.10 Å². The molecule has 2 aromatic heterocycles. The van der Waals surface area contributed by atoms with Crippen molar-refractivity contribution in [3.63, 3.8) is 0 Å². The summed E-state index contributed by atoms with van der Waals surface area (Å²) in [6.07, 6.45) is 1.65. The highest BCUT2D eigenvalue weighted by Crippen LogP contribution is 2.29. The first kappa shape index (κ1) is 29.3. The molecule has 0 aliphatic heterocycles. The SMILES string of the molecule is Cc1c(/C=N\NC(=O)CSc2nnc(COc3ccc(Cl)cc3Cl)o2)c2ccccc2n1Cc1ccc(Cl)c(Cl)c1. The minimum absolute atomic E-state index is 0.0173. The van der Waals surface area contributed by atoms with Crippen LogP contribution in [0, 0.1) is 6.92 Å². The highest BCUT2D eigenvalue weighted by molar-refractivity contribution is 7.99. The van der Waals surface area contributed by atoms with Gasteiger partial charge in [0.15, 0.2) is 6.61 Å². The van der Waals surface area contributed by atoms with Crippen LogP contribution in [0.5, 0.6) is 5.75 Å². The number of aromatic nitrogens is 3. The summed E-state index contributed by atoms with van der Waals surface area (Å²) < 4.78 is 13.3. The number of thioether (sulfide) groups is 1. The Bertz CT molecular complexity index is 1750. The topological polar surface area (TPSA) is 94.5 Å². The molecule has 0 spiro atoms. The quantitative estimate of drug-likeness (QED) is 0.0943. The first-order chi connectivity index (χ1) is 19.8. The molecule has 5 rings (SSSR count). The van der Waals surface area contributed by atoms with Crippen LogP contribution in [0.25, 0.3) is 10.9 Å². The van der Waals surface area contributed by atoms with Gasteiger partial charge in [-0.15, -0.1) is 10.2 Å². The van der Waals surface area contributed by atoms with Crippen LogP contribution in [0.4, 0.5) is 0 Å². The molecule has 8 nitrogen and oxygen atoms in total. The monoisotopic (exact) mass is 647 g/mol. The predicted octanol–water partition coefficient (Wildman–Crippen LogP) is 7.82. The van der Waals surface area contributed by atoms with Crippen LogP contribution in [-0.2, 0) is 17.9 Å². The van der Waals surface area contributed by atoms with Crippen molar-refractivity contribution in [1.29, 1.82) is 0 Å². The van der Waals surface area contributed by atoms with Gasteiger partial charge in [-0.25, -0.2) is 5.43 Å². The van der Waals surface area contributed by atoms with E-state index in [4.69, 9.17) is 55.6 Å². The van der Waals surface area contributed by atoms with Crippen LogP contribution in [0.1, 0.15) is 22.7 Å². The summed E-state index contributed by atoms with van der Waals surface area (Å²) in [7, 11) is 0. The maximum Gasteiger partial charge on any atom is 0.277 e. The molecule has 0 atom stereocenters. The lowest BCUT2D eigenvalue weighted by atomic mass is 10.1. The minimum atomic E-state index is -0.326. The number of para-hydroxylation sites is 1. The average Bonchev–Trinajstić information content (AvgIpc) is 3.51. The summed E-state index contributed by atoms with van der Waals surface area (Å²) in [6, 6.07) is 18.5. The van der Waals surface area contributed by atoms with E-state index in [-0.39, 0.29) is 29.4 Å². The smallest absolute Gasteiger partial charge is 0.277 e. The molecule has 0 saturated carbocycles. The van der Waals surface area contributed by atoms with Crippen molar-refractivity contribution in [1.82, 2.24) is 20.2 Å². The molecular formula is C28H21Cl4N5O3S. The number of ether oxygens (including phenoxy) is 1. The van der Waals surface area contributed by atoms with E-state index in [0.29, 0.717) is 32.4 Å². The van der Waals surface area contributed by atoms with Crippen LogP contribution in [0.2, 0.25) is 20.1 Å². The molecule has 41 heavy (non-hydrogen) atoms. The number of carbonyl (C=O) groups excluding carboxylic acids is 1. The largest absolute Gasteiger partial charge is 0.482 e. The summed E-state index contributed by atoms with van der Waals surface area (Å²) in [6.45, 7) is 2.63. The third-order valence-corrected chi connectivity index (χ3v) is 8.10. The lowest BCUT2D eigenvalue weighted by Crippen LogP contribution is -2.19. The fourth-order valence-corrected chi connectivity index (χ4v) is 5.42. The molecule has 13 heteroatoms. The van der Waals surface area contributed by atoms with Gasteiger partial charge in [-0.3, -0.25) is 4.79 Å². The summed E-state index contributed by atoms with van der Waals surface area (Å²) >= 11 is 25.4. The van der Waals surface area contributed by atoms with E-state index in [1.807, 2.05) is 43.3 Å². The standard InChI is InChI=1S/C28H21Cl4N5O3S/c1-16-20(19-4-2-3-5-24(19)37(16)13-17-6-8-21(30)22(31)10-17)12-33-34-26(38)15-41-28-36-35-27(40-28)14-39-25-9-7-18(29)11-23(25)32/h2-12H,13-15H2,1H3,(H,34,38)/b33-12-. The fraction of sp³-hybridized carbons (Fsp3) is 0.143. The molecule has 1 N–H and O–H groups in total. The van der Waals surface area contributed by atoms with Gasteiger partial charge in [0.05, 0.1) is 27.0 Å². The molecule has 0 radical (unpaired) electrons. The zero-order valence-electron chi connectivity index (χ0n) is 21.4. The van der Waals surface area contributed by atoms with E-state index in [1.165, 1.54) is 0 Å². The van der Waals surface area contributed by atoms with Gasteiger partial charge < -0.3 is 13.7 Å². The van der Waals surface area contributed by atoms with Crippen molar-refractivity contribution < 1.29 is 13.9 Å². The number of carbonyl (C=O) groups is 1. The van der Waals surface area contributed by atoms with Gasteiger partial charge in [-0.2, -0.15) is 5.10 Å². The zero-order chi connectivity index (χ0) is 28.9. The third-order valence-electron chi connectivity index (χ3n) is 6.01. The number of fused-ring (bicyclic) bond motifs is 1. The van der Waals surface area contributed by atoms with Gasteiger partial charge in [0, 0.05) is 33.7 Å². The second-order valence-electron chi connectivity index (χ2n) is 8.76. The Hall–Kier alpha value is -3.21. The van der Waals surface area contributed by atoms with Crippen molar-refractivity contribution in [2.45, 2.75) is 25.3 Å². The van der Waals surface area contributed by atoms with Crippen LogP contribution in [0.3, 0.4) is 0 Å². The van der Waals surface area contributed by atoms with Gasteiger partial charge in [-0.05, 0) is 48.9 Å². The van der Waals surface area contributed by atoms with E-state index in [0.717, 1.165) is 39.5 Å². The van der Waals surface area contributed by atoms with Gasteiger partial charge in [0.25, 0.3) is 17.0 Å². The van der Waals surface area contributed by atoms with Gasteiger partial charge in [-0.1, -0.05) is 82.4 Å². The Labute approximate surface area is 259 Å². The second kappa shape index (κ2) is 13.2. The molecular weight excluding hydrogens is 628 g/mol. The molecule has 0 aliphatic rings. The number of hydrogen-bond acceptors (Lipinski definition) is 7. The molecule has 0 saturated heterocycles. The van der Waals surface area contributed by atoms with Crippen molar-refractivity contribution in [2.75, 3.05) is 5.75 Å². The number of hydrogen-bond donors (Lipinski definition) is 1. The molecule has 5 aromatic rings. The summed E-state index contributed by atoms with van der Waals surface area (Å²) in [4.78, 5) is 12.4. The maximum absolute atomic E-state index is 12.4. The van der Waals surface area contributed by atoms with E-state index < -0.39 is 0 Å². The van der Waals surface area contributed by atoms with E-state index in [2.05, 4.69) is 25.3 Å². The van der Waals surface area contributed by atoms with Crippen molar-refractivity contribution in [3.05, 3.63) is 103 Å². The molecule has 210 valence electrons. The van der Waals surface area contributed by atoms with Crippen LogP contribution >= 0.6 is 58.2 Å². The van der Waals surface area contributed by atoms with Gasteiger partial charge in [0.2, 0.25) is 0 Å². The normalized spacial score (nSPS) is 11.4. The Kier molecular flexibility index (Phi) is 9.42. The van der Waals surface area contributed by atoms with Gasteiger partial charge >= 0.3 is 0 Å². The number of benzene rings is 3. The average molecular weight is 649 g/mol. The molecule has 0 unspecified atom stereocenters. The van der Waals surface area contributed by atoms with Crippen LogP contribution in [-0.4, -0.2) is 32.6 Å². The number of hydrazone groups is 1.